The van der Waals surface area contributed by atoms with Crippen molar-refractivity contribution in [1.29, 1.82) is 0 Å². The van der Waals surface area contributed by atoms with Crippen molar-refractivity contribution < 1.29 is 31.9 Å². The van der Waals surface area contributed by atoms with Crippen LogP contribution >= 0.6 is 0 Å². The lowest BCUT2D eigenvalue weighted by molar-refractivity contribution is 0.0629. The van der Waals surface area contributed by atoms with Gasteiger partial charge in [0.15, 0.2) is 17.4 Å². The molecule has 4 nitrogen and oxygen atoms in total. The van der Waals surface area contributed by atoms with Crippen LogP contribution in [0.5, 0.6) is 5.75 Å². The molecule has 0 atom stereocenters. The molecule has 0 spiro atoms. The van der Waals surface area contributed by atoms with Gasteiger partial charge in [0.2, 0.25) is 11.6 Å². The number of fused-ring (bicyclic) bond motifs is 1. The zero-order valence-corrected chi connectivity index (χ0v) is 12.0. The van der Waals surface area contributed by atoms with Gasteiger partial charge in [-0.05, 0) is 12.1 Å². The molecule has 2 aromatic rings. The number of ether oxygens (including phenoxy) is 1. The van der Waals surface area contributed by atoms with Gasteiger partial charge >= 0.3 is 0 Å². The fourth-order valence-corrected chi connectivity index (χ4v) is 2.36. The molecule has 1 aliphatic rings. The molecular weight excluding hydrogens is 330 g/mol. The van der Waals surface area contributed by atoms with Crippen molar-refractivity contribution in [2.75, 3.05) is 13.2 Å². The Kier molecular flexibility index (Phi) is 3.96. The Bertz CT molecular complexity index is 792. The number of rotatable bonds is 4. The van der Waals surface area contributed by atoms with Crippen LogP contribution in [0.4, 0.5) is 17.6 Å². The van der Waals surface area contributed by atoms with Gasteiger partial charge < -0.3 is 4.74 Å². The lowest BCUT2D eigenvalue weighted by Gasteiger charge is -2.15. The summed E-state index contributed by atoms with van der Waals surface area (Å²) in [7, 11) is 0. The maximum absolute atomic E-state index is 13.5. The zero-order chi connectivity index (χ0) is 17.4. The van der Waals surface area contributed by atoms with E-state index in [-0.39, 0.29) is 23.7 Å². The van der Waals surface area contributed by atoms with E-state index < -0.39 is 47.4 Å². The lowest BCUT2D eigenvalue weighted by atomic mass is 10.1. The van der Waals surface area contributed by atoms with Crippen LogP contribution in [0.2, 0.25) is 0 Å². The molecule has 0 aliphatic carbocycles. The number of halogens is 4. The molecule has 24 heavy (non-hydrogen) atoms. The summed E-state index contributed by atoms with van der Waals surface area (Å²) in [6, 6.07) is 6.17. The number of hydrogen-bond donors (Lipinski definition) is 0. The molecule has 0 bridgehead atoms. The number of imide groups is 1. The van der Waals surface area contributed by atoms with Crippen LogP contribution in [-0.2, 0) is 0 Å². The first-order valence-corrected chi connectivity index (χ1v) is 6.83. The first-order valence-electron chi connectivity index (χ1n) is 6.83. The van der Waals surface area contributed by atoms with Crippen LogP contribution in [0.25, 0.3) is 0 Å². The Morgan fingerprint density at radius 2 is 1.38 bits per heavy atom. The summed E-state index contributed by atoms with van der Waals surface area (Å²) >= 11 is 0. The number of nitrogens with zero attached hydrogens (tertiary/aromatic N) is 1. The van der Waals surface area contributed by atoms with Crippen molar-refractivity contribution in [3.8, 4) is 5.75 Å². The smallest absolute Gasteiger partial charge is 0.261 e. The van der Waals surface area contributed by atoms with E-state index in [0.717, 1.165) is 4.90 Å². The molecule has 0 radical (unpaired) electrons. The van der Waals surface area contributed by atoms with Gasteiger partial charge in [-0.25, -0.2) is 8.78 Å². The summed E-state index contributed by atoms with van der Waals surface area (Å²) in [5.41, 5.74) is 0.410. The second kappa shape index (κ2) is 5.95. The minimum Gasteiger partial charge on any atom is -0.486 e. The van der Waals surface area contributed by atoms with Crippen molar-refractivity contribution >= 4 is 11.8 Å². The highest BCUT2D eigenvalue weighted by atomic mass is 19.2. The van der Waals surface area contributed by atoms with Crippen molar-refractivity contribution in [1.82, 2.24) is 4.90 Å². The molecule has 1 heterocycles. The normalized spacial score (nSPS) is 13.4. The molecule has 3 rings (SSSR count). The lowest BCUT2D eigenvalue weighted by Crippen LogP contribution is -2.33. The molecular formula is C16H9F4NO3. The van der Waals surface area contributed by atoms with Crippen LogP contribution in [0.3, 0.4) is 0 Å². The molecule has 0 fully saturated rings. The van der Waals surface area contributed by atoms with E-state index in [1.165, 1.54) is 12.1 Å². The second-order valence-electron chi connectivity index (χ2n) is 4.95. The minimum atomic E-state index is -1.68. The van der Waals surface area contributed by atoms with E-state index in [9.17, 15) is 27.2 Å². The van der Waals surface area contributed by atoms with Gasteiger partial charge in [-0.2, -0.15) is 8.78 Å². The molecule has 0 aromatic heterocycles. The van der Waals surface area contributed by atoms with E-state index in [1.54, 1.807) is 12.1 Å². The molecule has 2 aromatic carbocycles. The Morgan fingerprint density at radius 1 is 0.875 bits per heavy atom. The van der Waals surface area contributed by atoms with Gasteiger partial charge in [-0.1, -0.05) is 12.1 Å². The highest BCUT2D eigenvalue weighted by molar-refractivity contribution is 6.21. The largest absolute Gasteiger partial charge is 0.486 e. The Balaban J connectivity index is 1.73. The maximum Gasteiger partial charge on any atom is 0.261 e. The van der Waals surface area contributed by atoms with E-state index in [1.807, 2.05) is 0 Å². The molecule has 0 saturated carbocycles. The van der Waals surface area contributed by atoms with Crippen LogP contribution in [0.1, 0.15) is 20.7 Å². The van der Waals surface area contributed by atoms with Crippen molar-refractivity contribution in [3.63, 3.8) is 0 Å². The highest BCUT2D eigenvalue weighted by Gasteiger charge is 2.35. The fraction of sp³-hybridized carbons (Fsp3) is 0.125. The van der Waals surface area contributed by atoms with Crippen molar-refractivity contribution in [2.24, 2.45) is 0 Å². The third-order valence-corrected chi connectivity index (χ3v) is 3.51. The fourth-order valence-electron chi connectivity index (χ4n) is 2.36. The summed E-state index contributed by atoms with van der Waals surface area (Å²) in [6.45, 7) is -0.856. The number of hydrogen-bond acceptors (Lipinski definition) is 3. The van der Waals surface area contributed by atoms with E-state index in [2.05, 4.69) is 0 Å². The molecule has 124 valence electrons. The van der Waals surface area contributed by atoms with E-state index >= 15 is 0 Å². The summed E-state index contributed by atoms with van der Waals surface area (Å²) < 4.78 is 57.8. The van der Waals surface area contributed by atoms with Gasteiger partial charge in [0.1, 0.15) is 6.61 Å². The minimum absolute atomic E-state index is 0.0572. The Labute approximate surface area is 133 Å². The number of benzene rings is 2. The predicted octanol–water partition coefficient (Wildman–Crippen LogP) is 2.92. The first-order chi connectivity index (χ1) is 11.4. The number of amides is 2. The van der Waals surface area contributed by atoms with Crippen LogP contribution in [-0.4, -0.2) is 29.9 Å². The quantitative estimate of drug-likeness (QED) is 0.489. The Morgan fingerprint density at radius 3 is 1.88 bits per heavy atom. The molecule has 0 unspecified atom stereocenters. The molecule has 2 amide bonds. The number of carbonyl (C=O) groups excluding carboxylic acids is 2. The van der Waals surface area contributed by atoms with Gasteiger partial charge in [0, 0.05) is 6.07 Å². The monoisotopic (exact) mass is 339 g/mol. The topological polar surface area (TPSA) is 46.6 Å². The SMILES string of the molecule is O=C1c2ccccc2C(=O)N1CCOc1c(F)c(F)cc(F)c1F. The summed E-state index contributed by atoms with van der Waals surface area (Å²) in [5.74, 6) is -8.97. The highest BCUT2D eigenvalue weighted by Crippen LogP contribution is 2.27. The van der Waals surface area contributed by atoms with Gasteiger partial charge in [-0.15, -0.1) is 0 Å². The van der Waals surface area contributed by atoms with E-state index in [0.29, 0.717) is 0 Å². The molecule has 0 saturated heterocycles. The summed E-state index contributed by atoms with van der Waals surface area (Å²) in [6.07, 6.45) is 0. The molecule has 0 N–H and O–H groups in total. The number of carbonyl (C=O) groups is 2. The summed E-state index contributed by atoms with van der Waals surface area (Å²) in [5, 5.41) is 0. The van der Waals surface area contributed by atoms with E-state index in [4.69, 9.17) is 4.74 Å². The standard InChI is InChI=1S/C16H9F4NO3/c17-10-7-11(18)13(20)14(12(10)19)24-6-5-21-15(22)8-3-1-2-4-9(8)16(21)23/h1-4,7H,5-6H2. The maximum atomic E-state index is 13.5. The van der Waals surface area contributed by atoms with Crippen LogP contribution in [0, 0.1) is 23.3 Å². The first kappa shape index (κ1) is 16.0. The average Bonchev–Trinajstić information content (AvgIpc) is 2.81. The Hall–Kier alpha value is -2.90. The van der Waals surface area contributed by atoms with Gasteiger partial charge in [-0.3, -0.25) is 14.5 Å². The van der Waals surface area contributed by atoms with Crippen molar-refractivity contribution in [2.45, 2.75) is 0 Å². The molecule has 8 heteroatoms. The summed E-state index contributed by atoms with van der Waals surface area (Å²) in [4.78, 5) is 25.0. The third kappa shape index (κ3) is 2.49. The van der Waals surface area contributed by atoms with Crippen molar-refractivity contribution in [3.05, 3.63) is 64.7 Å². The molecule has 1 aliphatic heterocycles. The van der Waals surface area contributed by atoms with Gasteiger partial charge in [0.05, 0.1) is 17.7 Å². The van der Waals surface area contributed by atoms with Gasteiger partial charge in [0.25, 0.3) is 11.8 Å². The van der Waals surface area contributed by atoms with Crippen LogP contribution < -0.4 is 4.74 Å². The third-order valence-electron chi connectivity index (χ3n) is 3.51. The second-order valence-corrected chi connectivity index (χ2v) is 4.95. The zero-order valence-electron chi connectivity index (χ0n) is 12.0. The van der Waals surface area contributed by atoms with Crippen LogP contribution in [0.15, 0.2) is 30.3 Å². The average molecular weight is 339 g/mol. The predicted molar refractivity (Wildman–Crippen MR) is 73.6 cm³/mol.